The summed E-state index contributed by atoms with van der Waals surface area (Å²) < 4.78 is 26.0. The highest BCUT2D eigenvalue weighted by Crippen LogP contribution is 2.53. The maximum atomic E-state index is 15.0. The molecule has 2 aromatic carbocycles. The summed E-state index contributed by atoms with van der Waals surface area (Å²) in [6.07, 6.45) is -0.518. The quantitative estimate of drug-likeness (QED) is 0.344. The van der Waals surface area contributed by atoms with Gasteiger partial charge in [0.05, 0.1) is 0 Å². The number of carbonyl (C=O) groups excluding carboxylic acids is 2. The highest BCUT2D eigenvalue weighted by atomic mass is 31.2. The van der Waals surface area contributed by atoms with Crippen LogP contribution in [0.5, 0.6) is 0 Å². The zero-order chi connectivity index (χ0) is 22.3. The molecule has 0 spiro atoms. The SMILES string of the molecule is C=C[C@H](OC(C)=O)[C@H]([C@@H](OC(C)=O)C(=C)C)P(=O)(c1ccccc1)c1ccccc1. The van der Waals surface area contributed by atoms with E-state index in [0.717, 1.165) is 0 Å². The summed E-state index contributed by atoms with van der Waals surface area (Å²) in [7, 11) is -3.52. The lowest BCUT2D eigenvalue weighted by Crippen LogP contribution is -2.46. The summed E-state index contributed by atoms with van der Waals surface area (Å²) in [5, 5.41) is 1.11. The monoisotopic (exact) mass is 426 g/mol. The van der Waals surface area contributed by atoms with Gasteiger partial charge in [-0.05, 0) is 12.5 Å². The van der Waals surface area contributed by atoms with Crippen molar-refractivity contribution in [3.05, 3.63) is 85.5 Å². The Morgan fingerprint density at radius 3 is 1.63 bits per heavy atom. The summed E-state index contributed by atoms with van der Waals surface area (Å²) in [6.45, 7) is 12.0. The van der Waals surface area contributed by atoms with Crippen molar-refractivity contribution < 1.29 is 23.6 Å². The van der Waals surface area contributed by atoms with Crippen molar-refractivity contribution in [2.75, 3.05) is 0 Å². The van der Waals surface area contributed by atoms with Gasteiger partial charge in [-0.1, -0.05) is 79.9 Å². The highest BCUT2D eigenvalue weighted by Gasteiger charge is 2.48. The largest absolute Gasteiger partial charge is 0.457 e. The molecule has 30 heavy (non-hydrogen) atoms. The van der Waals surface area contributed by atoms with Gasteiger partial charge in [0.1, 0.15) is 17.9 Å². The molecular formula is C24H27O5P. The van der Waals surface area contributed by atoms with E-state index in [2.05, 4.69) is 13.2 Å². The van der Waals surface area contributed by atoms with Crippen LogP contribution in [0.4, 0.5) is 0 Å². The van der Waals surface area contributed by atoms with Gasteiger partial charge in [-0.25, -0.2) is 0 Å². The minimum atomic E-state index is -3.52. The van der Waals surface area contributed by atoms with Crippen LogP contribution in [0.2, 0.25) is 0 Å². The van der Waals surface area contributed by atoms with Gasteiger partial charge in [-0.3, -0.25) is 9.59 Å². The minimum absolute atomic E-state index is 0.487. The molecule has 0 radical (unpaired) electrons. The van der Waals surface area contributed by atoms with Crippen LogP contribution < -0.4 is 10.6 Å². The Hall–Kier alpha value is -2.91. The van der Waals surface area contributed by atoms with Crippen LogP contribution in [-0.4, -0.2) is 29.8 Å². The molecule has 0 aliphatic heterocycles. The number of hydrogen-bond donors (Lipinski definition) is 0. The summed E-state index contributed by atoms with van der Waals surface area (Å²) in [5.74, 6) is -1.10. The van der Waals surface area contributed by atoms with Crippen LogP contribution in [0.25, 0.3) is 0 Å². The van der Waals surface area contributed by atoms with Crippen LogP contribution in [0.1, 0.15) is 20.8 Å². The van der Waals surface area contributed by atoms with Crippen LogP contribution in [-0.2, 0) is 23.6 Å². The van der Waals surface area contributed by atoms with E-state index < -0.39 is 36.9 Å². The fraction of sp³-hybridized carbons (Fsp3) is 0.250. The lowest BCUT2D eigenvalue weighted by molar-refractivity contribution is -0.148. The second-order valence-electron chi connectivity index (χ2n) is 7.01. The van der Waals surface area contributed by atoms with Gasteiger partial charge in [0.25, 0.3) is 0 Å². The molecule has 0 N–H and O–H groups in total. The van der Waals surface area contributed by atoms with Gasteiger partial charge in [0.15, 0.2) is 7.14 Å². The third kappa shape index (κ3) is 5.17. The molecule has 0 heterocycles. The van der Waals surface area contributed by atoms with E-state index in [1.54, 1.807) is 55.5 Å². The predicted molar refractivity (Wildman–Crippen MR) is 120 cm³/mol. The third-order valence-electron chi connectivity index (χ3n) is 4.66. The minimum Gasteiger partial charge on any atom is -0.457 e. The molecule has 158 valence electrons. The second kappa shape index (κ2) is 10.2. The first-order chi connectivity index (χ1) is 14.2. The molecule has 0 bridgehead atoms. The van der Waals surface area contributed by atoms with Crippen LogP contribution in [0.15, 0.2) is 85.5 Å². The topological polar surface area (TPSA) is 69.7 Å². The van der Waals surface area contributed by atoms with Crippen molar-refractivity contribution >= 4 is 29.7 Å². The second-order valence-corrected chi connectivity index (χ2v) is 9.95. The van der Waals surface area contributed by atoms with Crippen molar-refractivity contribution in [2.24, 2.45) is 0 Å². The number of carbonyl (C=O) groups is 2. The Labute approximate surface area is 177 Å². The lowest BCUT2D eigenvalue weighted by atomic mass is 10.0. The molecule has 0 aliphatic carbocycles. The summed E-state index contributed by atoms with van der Waals surface area (Å²) >= 11 is 0. The smallest absolute Gasteiger partial charge is 0.303 e. The van der Waals surface area contributed by atoms with Gasteiger partial charge < -0.3 is 14.0 Å². The van der Waals surface area contributed by atoms with Gasteiger partial charge >= 0.3 is 11.9 Å². The number of benzene rings is 2. The Morgan fingerprint density at radius 1 is 0.867 bits per heavy atom. The lowest BCUT2D eigenvalue weighted by Gasteiger charge is -2.37. The molecule has 0 aliphatic rings. The molecule has 3 atom stereocenters. The Kier molecular flexibility index (Phi) is 7.96. The number of ether oxygens (including phenoxy) is 2. The molecule has 0 unspecified atom stereocenters. The Bertz CT molecular complexity index is 909. The molecule has 0 amide bonds. The number of rotatable bonds is 9. The average Bonchev–Trinajstić information content (AvgIpc) is 2.72. The first kappa shape index (κ1) is 23.4. The van der Waals surface area contributed by atoms with Gasteiger partial charge in [0.2, 0.25) is 0 Å². The molecule has 0 fully saturated rings. The fourth-order valence-electron chi connectivity index (χ4n) is 3.45. The molecule has 0 saturated heterocycles. The summed E-state index contributed by atoms with van der Waals surface area (Å²) in [6, 6.07) is 17.9. The third-order valence-corrected chi connectivity index (χ3v) is 8.19. The van der Waals surface area contributed by atoms with E-state index in [-0.39, 0.29) is 0 Å². The van der Waals surface area contributed by atoms with Crippen LogP contribution >= 0.6 is 7.14 Å². The number of esters is 2. The highest BCUT2D eigenvalue weighted by molar-refractivity contribution is 7.79. The first-order valence-corrected chi connectivity index (χ1v) is 11.3. The van der Waals surface area contributed by atoms with E-state index in [1.807, 2.05) is 12.1 Å². The van der Waals surface area contributed by atoms with E-state index in [0.29, 0.717) is 16.2 Å². The van der Waals surface area contributed by atoms with Gasteiger partial charge in [-0.15, -0.1) is 0 Å². The van der Waals surface area contributed by atoms with Crippen LogP contribution in [0, 0.1) is 0 Å². The fourth-order valence-corrected chi connectivity index (χ4v) is 6.96. The van der Waals surface area contributed by atoms with Crippen molar-refractivity contribution in [1.29, 1.82) is 0 Å². The summed E-state index contributed by atoms with van der Waals surface area (Å²) in [5.41, 5.74) is -0.452. The maximum absolute atomic E-state index is 15.0. The van der Waals surface area contributed by atoms with Gasteiger partial charge in [-0.2, -0.15) is 0 Å². The summed E-state index contributed by atoms with van der Waals surface area (Å²) in [4.78, 5) is 23.8. The van der Waals surface area contributed by atoms with Crippen molar-refractivity contribution in [3.63, 3.8) is 0 Å². The molecule has 2 rings (SSSR count). The predicted octanol–water partition coefficient (Wildman–Crippen LogP) is 3.99. The average molecular weight is 426 g/mol. The van der Waals surface area contributed by atoms with Gasteiger partial charge in [0, 0.05) is 24.5 Å². The molecule has 6 heteroatoms. The zero-order valence-corrected chi connectivity index (χ0v) is 18.4. The van der Waals surface area contributed by atoms with E-state index in [9.17, 15) is 14.2 Å². The Balaban J connectivity index is 2.85. The zero-order valence-electron chi connectivity index (χ0n) is 17.5. The normalized spacial score (nSPS) is 14.1. The van der Waals surface area contributed by atoms with Crippen molar-refractivity contribution in [1.82, 2.24) is 0 Å². The molecule has 0 saturated carbocycles. The van der Waals surface area contributed by atoms with E-state index in [1.165, 1.54) is 19.9 Å². The molecule has 0 aromatic heterocycles. The standard InChI is InChI=1S/C24H27O5P/c1-6-22(28-18(4)25)24(23(17(2)3)29-19(5)26)30(27,20-13-9-7-10-14-20)21-15-11-8-12-16-21/h6-16,22-24H,1-2H2,3-5H3/t22-,23-,24+/m0/s1. The van der Waals surface area contributed by atoms with E-state index >= 15 is 0 Å². The van der Waals surface area contributed by atoms with Crippen molar-refractivity contribution in [2.45, 2.75) is 38.6 Å². The first-order valence-electron chi connectivity index (χ1n) is 9.55. The van der Waals surface area contributed by atoms with Crippen molar-refractivity contribution in [3.8, 4) is 0 Å². The molecule has 2 aromatic rings. The van der Waals surface area contributed by atoms with Crippen LogP contribution in [0.3, 0.4) is 0 Å². The van der Waals surface area contributed by atoms with E-state index in [4.69, 9.17) is 9.47 Å². The maximum Gasteiger partial charge on any atom is 0.303 e. The molecular weight excluding hydrogens is 399 g/mol. The number of hydrogen-bond acceptors (Lipinski definition) is 5. The Morgan fingerprint density at radius 2 is 1.30 bits per heavy atom. The molecule has 5 nitrogen and oxygen atoms in total.